The number of hydrogen-bond acceptors (Lipinski definition) is 2. The quantitative estimate of drug-likeness (QED) is 0.599. The first-order valence-corrected chi connectivity index (χ1v) is 7.82. The molecule has 0 aliphatic rings. The number of aryl methyl sites for hydroxylation is 1. The van der Waals surface area contributed by atoms with E-state index in [2.05, 4.69) is 5.32 Å². The molecule has 2 nitrogen and oxygen atoms in total. The molecule has 0 radical (unpaired) electrons. The molecule has 0 heterocycles. The zero-order valence-electron chi connectivity index (χ0n) is 13.8. The Morgan fingerprint density at radius 2 is 1.62 bits per heavy atom. The van der Waals surface area contributed by atoms with Crippen LogP contribution >= 0.6 is 0 Å². The summed E-state index contributed by atoms with van der Waals surface area (Å²) in [6.45, 7) is 1.16. The Morgan fingerprint density at radius 1 is 0.885 bits per heavy atom. The number of aromatic hydroxyl groups is 1. The number of benzene rings is 3. The highest BCUT2D eigenvalue weighted by Crippen LogP contribution is 2.30. The van der Waals surface area contributed by atoms with Crippen molar-refractivity contribution in [2.75, 3.05) is 5.32 Å². The maximum absolute atomic E-state index is 14.1. The first-order valence-electron chi connectivity index (χ1n) is 7.82. The first-order chi connectivity index (χ1) is 12.4. The zero-order chi connectivity index (χ0) is 18.8. The molecule has 134 valence electrons. The molecular weight excluding hydrogens is 346 g/mol. The van der Waals surface area contributed by atoms with Gasteiger partial charge in [-0.2, -0.15) is 0 Å². The lowest BCUT2D eigenvalue weighted by Gasteiger charge is -2.13. The van der Waals surface area contributed by atoms with Crippen LogP contribution in [0.5, 0.6) is 5.75 Å². The third-order valence-electron chi connectivity index (χ3n) is 4.02. The summed E-state index contributed by atoms with van der Waals surface area (Å²) in [6.07, 6.45) is 0. The minimum atomic E-state index is -1.14. The molecule has 6 heteroatoms. The van der Waals surface area contributed by atoms with Crippen molar-refractivity contribution in [1.29, 1.82) is 0 Å². The van der Waals surface area contributed by atoms with E-state index < -0.39 is 34.7 Å². The molecule has 0 saturated carbocycles. The van der Waals surface area contributed by atoms with E-state index >= 15 is 0 Å². The second-order valence-corrected chi connectivity index (χ2v) is 5.89. The van der Waals surface area contributed by atoms with Crippen LogP contribution in [0.2, 0.25) is 0 Å². The van der Waals surface area contributed by atoms with Gasteiger partial charge in [-0.1, -0.05) is 18.2 Å². The van der Waals surface area contributed by atoms with E-state index in [0.29, 0.717) is 11.1 Å². The number of rotatable bonds is 4. The van der Waals surface area contributed by atoms with Crippen LogP contribution in [0.15, 0.2) is 48.5 Å². The summed E-state index contributed by atoms with van der Waals surface area (Å²) in [6, 6.07) is 11.0. The molecule has 3 aromatic rings. The van der Waals surface area contributed by atoms with E-state index in [0.717, 1.165) is 6.07 Å². The number of hydrogen-bond donors (Lipinski definition) is 2. The van der Waals surface area contributed by atoms with Crippen LogP contribution in [0, 0.1) is 30.2 Å². The van der Waals surface area contributed by atoms with E-state index in [1.807, 2.05) is 0 Å². The first kappa shape index (κ1) is 17.8. The van der Waals surface area contributed by atoms with Crippen LogP contribution in [-0.2, 0) is 6.54 Å². The maximum atomic E-state index is 14.1. The van der Waals surface area contributed by atoms with Gasteiger partial charge in [-0.3, -0.25) is 0 Å². The predicted octanol–water partition coefficient (Wildman–Crippen LogP) is 5.54. The second-order valence-electron chi connectivity index (χ2n) is 5.89. The largest absolute Gasteiger partial charge is 0.505 e. The number of anilines is 1. The van der Waals surface area contributed by atoms with Gasteiger partial charge in [0.1, 0.15) is 17.3 Å². The van der Waals surface area contributed by atoms with Crippen molar-refractivity contribution in [2.24, 2.45) is 0 Å². The molecule has 0 aliphatic carbocycles. The van der Waals surface area contributed by atoms with Gasteiger partial charge < -0.3 is 10.4 Å². The highest BCUT2D eigenvalue weighted by molar-refractivity contribution is 5.64. The summed E-state index contributed by atoms with van der Waals surface area (Å²) in [5.41, 5.74) is 0.789. The molecule has 0 saturated heterocycles. The molecule has 0 aliphatic heterocycles. The van der Waals surface area contributed by atoms with Crippen LogP contribution < -0.4 is 5.32 Å². The maximum Gasteiger partial charge on any atom is 0.190 e. The summed E-state index contributed by atoms with van der Waals surface area (Å²) in [5.74, 6) is -3.70. The predicted molar refractivity (Wildman–Crippen MR) is 91.9 cm³/mol. The lowest BCUT2D eigenvalue weighted by molar-refractivity contribution is 0.428. The smallest absolute Gasteiger partial charge is 0.190 e. The highest BCUT2D eigenvalue weighted by atomic mass is 19.1. The third kappa shape index (κ3) is 3.49. The van der Waals surface area contributed by atoms with Gasteiger partial charge in [0.15, 0.2) is 17.4 Å². The van der Waals surface area contributed by atoms with E-state index in [9.17, 15) is 22.7 Å². The standard InChI is InChI=1S/C20H15F4NO/c1-11-7-17(26)19(24)20(18(11)23)25-10-14-8-13(5-6-16(14)22)12-3-2-4-15(21)9-12/h2-9,25-26H,10H2,1H3. The Kier molecular flexibility index (Phi) is 4.84. The lowest BCUT2D eigenvalue weighted by Crippen LogP contribution is -2.07. The van der Waals surface area contributed by atoms with Gasteiger partial charge in [-0.25, -0.2) is 17.6 Å². The molecule has 0 atom stereocenters. The van der Waals surface area contributed by atoms with Gasteiger partial charge in [0.2, 0.25) is 0 Å². The van der Waals surface area contributed by atoms with E-state index in [4.69, 9.17) is 0 Å². The third-order valence-corrected chi connectivity index (χ3v) is 4.02. The number of halogens is 4. The Balaban J connectivity index is 1.91. The fraction of sp³-hybridized carbons (Fsp3) is 0.100. The zero-order valence-corrected chi connectivity index (χ0v) is 13.8. The van der Waals surface area contributed by atoms with E-state index in [1.54, 1.807) is 6.07 Å². The van der Waals surface area contributed by atoms with Crippen molar-refractivity contribution in [1.82, 2.24) is 0 Å². The molecule has 0 unspecified atom stereocenters. The van der Waals surface area contributed by atoms with Crippen molar-refractivity contribution < 1.29 is 22.7 Å². The highest BCUT2D eigenvalue weighted by Gasteiger charge is 2.17. The van der Waals surface area contributed by atoms with Gasteiger partial charge in [0, 0.05) is 12.1 Å². The van der Waals surface area contributed by atoms with E-state index in [1.165, 1.54) is 43.3 Å². The van der Waals surface area contributed by atoms with Crippen molar-refractivity contribution in [3.63, 3.8) is 0 Å². The van der Waals surface area contributed by atoms with Crippen molar-refractivity contribution in [3.05, 3.63) is 82.9 Å². The molecule has 2 N–H and O–H groups in total. The number of nitrogens with one attached hydrogen (secondary N) is 1. The SMILES string of the molecule is Cc1cc(O)c(F)c(NCc2cc(-c3cccc(F)c3)ccc2F)c1F. The normalized spacial score (nSPS) is 10.8. The number of phenols is 1. The summed E-state index contributed by atoms with van der Waals surface area (Å²) >= 11 is 0. The van der Waals surface area contributed by atoms with Crippen molar-refractivity contribution >= 4 is 5.69 Å². The Bertz CT molecular complexity index is 946. The van der Waals surface area contributed by atoms with E-state index in [-0.39, 0.29) is 17.7 Å². The monoisotopic (exact) mass is 361 g/mol. The number of phenolic OH excluding ortho intramolecular Hbond substituents is 1. The van der Waals surface area contributed by atoms with Crippen LogP contribution in [0.3, 0.4) is 0 Å². The molecule has 0 amide bonds. The van der Waals surface area contributed by atoms with Crippen molar-refractivity contribution in [3.8, 4) is 16.9 Å². The summed E-state index contributed by atoms with van der Waals surface area (Å²) in [5, 5.41) is 12.0. The van der Waals surface area contributed by atoms with Crippen LogP contribution in [-0.4, -0.2) is 5.11 Å². The Hall–Kier alpha value is -3.02. The average Bonchev–Trinajstić information content (AvgIpc) is 2.61. The molecule has 0 aromatic heterocycles. The fourth-order valence-corrected chi connectivity index (χ4v) is 2.65. The summed E-state index contributed by atoms with van der Waals surface area (Å²) in [7, 11) is 0. The lowest BCUT2D eigenvalue weighted by atomic mass is 10.0. The minimum absolute atomic E-state index is 0.0559. The molecular formula is C20H15F4NO. The summed E-state index contributed by atoms with van der Waals surface area (Å²) in [4.78, 5) is 0. The Labute approximate surface area is 147 Å². The Morgan fingerprint density at radius 3 is 2.35 bits per heavy atom. The molecule has 3 aromatic carbocycles. The molecule has 0 bridgehead atoms. The van der Waals surface area contributed by atoms with Crippen LogP contribution in [0.25, 0.3) is 11.1 Å². The molecule has 0 spiro atoms. The van der Waals surface area contributed by atoms with Crippen LogP contribution in [0.4, 0.5) is 23.2 Å². The summed E-state index contributed by atoms with van der Waals surface area (Å²) < 4.78 is 55.5. The van der Waals surface area contributed by atoms with Gasteiger partial charge in [-0.15, -0.1) is 0 Å². The van der Waals surface area contributed by atoms with Gasteiger partial charge >= 0.3 is 0 Å². The molecule has 0 fully saturated rings. The minimum Gasteiger partial charge on any atom is -0.505 e. The van der Waals surface area contributed by atoms with Gasteiger partial charge in [-0.05, 0) is 53.9 Å². The van der Waals surface area contributed by atoms with Crippen LogP contribution in [0.1, 0.15) is 11.1 Å². The molecule has 26 heavy (non-hydrogen) atoms. The van der Waals surface area contributed by atoms with Gasteiger partial charge in [0.25, 0.3) is 0 Å². The van der Waals surface area contributed by atoms with Gasteiger partial charge in [0.05, 0.1) is 0 Å². The average molecular weight is 361 g/mol. The second kappa shape index (κ2) is 7.07. The van der Waals surface area contributed by atoms with Crippen molar-refractivity contribution in [2.45, 2.75) is 13.5 Å². The topological polar surface area (TPSA) is 32.3 Å². The fourth-order valence-electron chi connectivity index (χ4n) is 2.65. The molecule has 3 rings (SSSR count).